The van der Waals surface area contributed by atoms with Crippen molar-refractivity contribution in [3.05, 3.63) is 64.1 Å². The van der Waals surface area contributed by atoms with Gasteiger partial charge >= 0.3 is 0 Å². The van der Waals surface area contributed by atoms with Gasteiger partial charge in [-0.2, -0.15) is 0 Å². The van der Waals surface area contributed by atoms with E-state index in [-0.39, 0.29) is 11.4 Å². The Balaban J connectivity index is 2.10. The number of hydrogen-bond donors (Lipinski definition) is 1. The predicted molar refractivity (Wildman–Crippen MR) is 87.2 cm³/mol. The Labute approximate surface area is 135 Å². The Morgan fingerprint density at radius 1 is 1.00 bits per heavy atom. The molecule has 2 aromatic rings. The molecule has 2 aromatic carbocycles. The number of alkyl halides is 1. The molecule has 0 saturated heterocycles. The standard InChI is InChI=1S/C14H13Br2NO2S/c15-9-11-2-1-3-12(8-11)10-17-20(18,19)14-6-4-13(16)5-7-14/h1-8,17H,9-10H2. The Kier molecular flexibility index (Phi) is 5.37. The smallest absolute Gasteiger partial charge is 0.207 e. The first-order valence-electron chi connectivity index (χ1n) is 5.90. The van der Waals surface area contributed by atoms with Crippen LogP contribution in [0.15, 0.2) is 57.9 Å². The number of halogens is 2. The molecule has 0 aliphatic rings. The molecule has 0 radical (unpaired) electrons. The quantitative estimate of drug-likeness (QED) is 0.750. The van der Waals surface area contributed by atoms with E-state index in [2.05, 4.69) is 36.6 Å². The lowest BCUT2D eigenvalue weighted by molar-refractivity contribution is 0.581. The number of benzene rings is 2. The zero-order chi connectivity index (χ0) is 14.6. The van der Waals surface area contributed by atoms with E-state index in [9.17, 15) is 8.42 Å². The van der Waals surface area contributed by atoms with Crippen LogP contribution in [-0.4, -0.2) is 8.42 Å². The minimum Gasteiger partial charge on any atom is -0.207 e. The van der Waals surface area contributed by atoms with Crippen LogP contribution in [0.25, 0.3) is 0 Å². The van der Waals surface area contributed by atoms with Crippen molar-refractivity contribution in [1.82, 2.24) is 4.72 Å². The van der Waals surface area contributed by atoms with E-state index in [0.717, 1.165) is 20.9 Å². The van der Waals surface area contributed by atoms with E-state index in [4.69, 9.17) is 0 Å². The Morgan fingerprint density at radius 2 is 1.65 bits per heavy atom. The topological polar surface area (TPSA) is 46.2 Å². The third kappa shape index (κ3) is 4.15. The van der Waals surface area contributed by atoms with Gasteiger partial charge in [0.1, 0.15) is 0 Å². The number of sulfonamides is 1. The van der Waals surface area contributed by atoms with E-state index in [0.29, 0.717) is 0 Å². The van der Waals surface area contributed by atoms with E-state index in [1.54, 1.807) is 24.3 Å². The van der Waals surface area contributed by atoms with E-state index in [1.165, 1.54) is 0 Å². The summed E-state index contributed by atoms with van der Waals surface area (Å²) >= 11 is 6.67. The number of nitrogens with one attached hydrogen (secondary N) is 1. The zero-order valence-electron chi connectivity index (χ0n) is 10.5. The maximum atomic E-state index is 12.1. The van der Waals surface area contributed by atoms with Gasteiger partial charge in [0, 0.05) is 16.3 Å². The van der Waals surface area contributed by atoms with Gasteiger partial charge in [-0.1, -0.05) is 56.1 Å². The fraction of sp³-hybridized carbons (Fsp3) is 0.143. The Hall–Kier alpha value is -0.690. The summed E-state index contributed by atoms with van der Waals surface area (Å²) in [7, 11) is -3.48. The summed E-state index contributed by atoms with van der Waals surface area (Å²) in [6, 6.07) is 14.3. The molecule has 106 valence electrons. The highest BCUT2D eigenvalue weighted by Crippen LogP contribution is 2.15. The van der Waals surface area contributed by atoms with Crippen LogP contribution >= 0.6 is 31.9 Å². The second-order valence-electron chi connectivity index (χ2n) is 4.23. The normalized spacial score (nSPS) is 11.5. The minimum atomic E-state index is -3.48. The maximum absolute atomic E-state index is 12.1. The molecule has 0 aliphatic heterocycles. The third-order valence-electron chi connectivity index (χ3n) is 2.74. The molecular weight excluding hydrogens is 406 g/mol. The summed E-state index contributed by atoms with van der Waals surface area (Å²) < 4.78 is 27.7. The number of hydrogen-bond acceptors (Lipinski definition) is 2. The SMILES string of the molecule is O=S(=O)(NCc1cccc(CBr)c1)c1ccc(Br)cc1. The fourth-order valence-electron chi connectivity index (χ4n) is 1.70. The summed E-state index contributed by atoms with van der Waals surface area (Å²) in [5.41, 5.74) is 2.05. The predicted octanol–water partition coefficient (Wildman–Crippen LogP) is 3.82. The summed E-state index contributed by atoms with van der Waals surface area (Å²) in [5, 5.41) is 0.750. The van der Waals surface area contributed by atoms with E-state index in [1.807, 2.05) is 24.3 Å². The number of rotatable bonds is 5. The zero-order valence-corrected chi connectivity index (χ0v) is 14.5. The molecule has 6 heteroatoms. The molecule has 3 nitrogen and oxygen atoms in total. The molecule has 0 spiro atoms. The van der Waals surface area contributed by atoms with Crippen LogP contribution in [0.4, 0.5) is 0 Å². The van der Waals surface area contributed by atoms with Crippen molar-refractivity contribution in [3.63, 3.8) is 0 Å². The third-order valence-corrected chi connectivity index (χ3v) is 5.33. The van der Waals surface area contributed by atoms with Crippen molar-refractivity contribution in [3.8, 4) is 0 Å². The summed E-state index contributed by atoms with van der Waals surface area (Å²) in [6.45, 7) is 0.277. The summed E-state index contributed by atoms with van der Waals surface area (Å²) in [6.07, 6.45) is 0. The molecule has 1 N–H and O–H groups in total. The fourth-order valence-corrected chi connectivity index (χ4v) is 3.33. The molecule has 0 atom stereocenters. The van der Waals surface area contributed by atoms with E-state index < -0.39 is 10.0 Å². The van der Waals surface area contributed by atoms with Crippen molar-refractivity contribution >= 4 is 41.9 Å². The highest BCUT2D eigenvalue weighted by atomic mass is 79.9. The molecular formula is C14H13Br2NO2S. The molecule has 0 unspecified atom stereocenters. The average molecular weight is 419 g/mol. The van der Waals surface area contributed by atoms with Crippen LogP contribution < -0.4 is 4.72 Å². The van der Waals surface area contributed by atoms with Crippen LogP contribution in [-0.2, 0) is 21.9 Å². The highest BCUT2D eigenvalue weighted by molar-refractivity contribution is 9.10. The van der Waals surface area contributed by atoms with Gasteiger partial charge in [-0.3, -0.25) is 0 Å². The molecule has 0 aromatic heterocycles. The van der Waals surface area contributed by atoms with Crippen LogP contribution in [0.2, 0.25) is 0 Å². The van der Waals surface area contributed by atoms with Crippen LogP contribution in [0.1, 0.15) is 11.1 Å². The van der Waals surface area contributed by atoms with Crippen LogP contribution in [0.3, 0.4) is 0 Å². The van der Waals surface area contributed by atoms with Gasteiger partial charge in [0.15, 0.2) is 0 Å². The molecule has 0 aliphatic carbocycles. The largest absolute Gasteiger partial charge is 0.240 e. The first kappa shape index (κ1) is 15.7. The van der Waals surface area contributed by atoms with Gasteiger partial charge in [0.25, 0.3) is 0 Å². The highest BCUT2D eigenvalue weighted by Gasteiger charge is 2.13. The lowest BCUT2D eigenvalue weighted by Crippen LogP contribution is -2.23. The van der Waals surface area contributed by atoms with Crippen LogP contribution in [0, 0.1) is 0 Å². The molecule has 0 amide bonds. The van der Waals surface area contributed by atoms with Crippen LogP contribution in [0.5, 0.6) is 0 Å². The van der Waals surface area contributed by atoms with Gasteiger partial charge in [0.05, 0.1) is 4.90 Å². The van der Waals surface area contributed by atoms with Crippen molar-refractivity contribution in [2.24, 2.45) is 0 Å². The summed E-state index contributed by atoms with van der Waals surface area (Å²) in [4.78, 5) is 0.261. The first-order valence-corrected chi connectivity index (χ1v) is 9.30. The molecule has 2 rings (SSSR count). The minimum absolute atomic E-state index is 0.261. The summed E-state index contributed by atoms with van der Waals surface area (Å²) in [5.74, 6) is 0. The lowest BCUT2D eigenvalue weighted by atomic mass is 10.1. The molecule has 0 heterocycles. The molecule has 0 bridgehead atoms. The van der Waals surface area contributed by atoms with Gasteiger partial charge in [-0.05, 0) is 35.4 Å². The Morgan fingerprint density at radius 3 is 2.30 bits per heavy atom. The van der Waals surface area contributed by atoms with Crippen molar-refractivity contribution in [1.29, 1.82) is 0 Å². The average Bonchev–Trinajstić information content (AvgIpc) is 2.46. The van der Waals surface area contributed by atoms with Crippen molar-refractivity contribution in [2.45, 2.75) is 16.8 Å². The van der Waals surface area contributed by atoms with Gasteiger partial charge in [0.2, 0.25) is 10.0 Å². The van der Waals surface area contributed by atoms with Crippen molar-refractivity contribution in [2.75, 3.05) is 0 Å². The first-order chi connectivity index (χ1) is 9.51. The molecule has 0 saturated carbocycles. The molecule has 0 fully saturated rings. The van der Waals surface area contributed by atoms with Crippen molar-refractivity contribution < 1.29 is 8.42 Å². The monoisotopic (exact) mass is 417 g/mol. The van der Waals surface area contributed by atoms with Gasteiger partial charge in [-0.15, -0.1) is 0 Å². The van der Waals surface area contributed by atoms with Gasteiger partial charge < -0.3 is 0 Å². The second-order valence-corrected chi connectivity index (χ2v) is 7.48. The second kappa shape index (κ2) is 6.85. The lowest BCUT2D eigenvalue weighted by Gasteiger charge is -2.08. The maximum Gasteiger partial charge on any atom is 0.240 e. The van der Waals surface area contributed by atoms with E-state index >= 15 is 0 Å². The van der Waals surface area contributed by atoms with Gasteiger partial charge in [-0.25, -0.2) is 13.1 Å². The molecule has 20 heavy (non-hydrogen) atoms. The Bertz CT molecular complexity index is 685.